The fraction of sp³-hybridized carbons (Fsp3) is 0.500. The molecule has 0 unspecified atom stereocenters. The molecule has 0 radical (unpaired) electrons. The third kappa shape index (κ3) is 2.56. The van der Waals surface area contributed by atoms with E-state index in [0.29, 0.717) is 6.04 Å². The molecular formula is C12H18N2. The van der Waals surface area contributed by atoms with Gasteiger partial charge in [-0.05, 0) is 18.9 Å². The van der Waals surface area contributed by atoms with E-state index in [9.17, 15) is 0 Å². The number of aryl methyl sites for hydroxylation is 1. The topological polar surface area (TPSA) is 24.1 Å². The molecule has 2 heteroatoms. The van der Waals surface area contributed by atoms with Gasteiger partial charge in [-0.2, -0.15) is 0 Å². The third-order valence-electron chi connectivity index (χ3n) is 2.69. The summed E-state index contributed by atoms with van der Waals surface area (Å²) in [5.41, 5.74) is 2.79. The summed E-state index contributed by atoms with van der Waals surface area (Å²) >= 11 is 0. The van der Waals surface area contributed by atoms with Gasteiger partial charge in [0, 0.05) is 25.7 Å². The molecule has 76 valence electrons. The number of rotatable bonds is 2. The van der Waals surface area contributed by atoms with E-state index in [1.165, 1.54) is 11.1 Å². The number of hydrogen-bond acceptors (Lipinski definition) is 2. The molecule has 2 nitrogen and oxygen atoms in total. The van der Waals surface area contributed by atoms with Crippen LogP contribution in [0.3, 0.4) is 0 Å². The SMILES string of the molecule is Cc1cccc(C[C@@H]2CNCCN2)c1. The zero-order chi connectivity index (χ0) is 9.80. The predicted molar refractivity (Wildman–Crippen MR) is 59.5 cm³/mol. The molecule has 2 N–H and O–H groups in total. The Hall–Kier alpha value is -0.860. The Kier molecular flexibility index (Phi) is 3.17. The normalized spacial score (nSPS) is 22.2. The van der Waals surface area contributed by atoms with Gasteiger partial charge in [0.15, 0.2) is 0 Å². The van der Waals surface area contributed by atoms with Gasteiger partial charge in [0.25, 0.3) is 0 Å². The van der Waals surface area contributed by atoms with Gasteiger partial charge in [0.05, 0.1) is 0 Å². The Labute approximate surface area is 85.7 Å². The zero-order valence-electron chi connectivity index (χ0n) is 8.72. The molecule has 0 bridgehead atoms. The average molecular weight is 190 g/mol. The molecule has 1 aromatic carbocycles. The Morgan fingerprint density at radius 3 is 3.00 bits per heavy atom. The largest absolute Gasteiger partial charge is 0.314 e. The highest BCUT2D eigenvalue weighted by molar-refractivity contribution is 5.23. The van der Waals surface area contributed by atoms with E-state index in [4.69, 9.17) is 0 Å². The highest BCUT2D eigenvalue weighted by atomic mass is 15.0. The van der Waals surface area contributed by atoms with E-state index in [0.717, 1.165) is 26.1 Å². The molecule has 1 heterocycles. The van der Waals surface area contributed by atoms with Crippen LogP contribution in [-0.4, -0.2) is 25.7 Å². The minimum atomic E-state index is 0.602. The van der Waals surface area contributed by atoms with Gasteiger partial charge < -0.3 is 10.6 Å². The molecule has 1 aliphatic heterocycles. The second-order valence-corrected chi connectivity index (χ2v) is 4.05. The van der Waals surface area contributed by atoms with Crippen LogP contribution in [0.5, 0.6) is 0 Å². The number of hydrogen-bond donors (Lipinski definition) is 2. The second-order valence-electron chi connectivity index (χ2n) is 4.05. The quantitative estimate of drug-likeness (QED) is 0.729. The first-order valence-corrected chi connectivity index (χ1v) is 5.34. The van der Waals surface area contributed by atoms with Gasteiger partial charge >= 0.3 is 0 Å². The lowest BCUT2D eigenvalue weighted by Gasteiger charge is -2.24. The highest BCUT2D eigenvalue weighted by Gasteiger charge is 2.11. The number of benzene rings is 1. The van der Waals surface area contributed by atoms with Crippen LogP contribution in [-0.2, 0) is 6.42 Å². The standard InChI is InChI=1S/C12H18N2/c1-10-3-2-4-11(7-10)8-12-9-13-5-6-14-12/h2-4,7,12-14H,5-6,8-9H2,1H3/t12-/m1/s1. The molecule has 1 fully saturated rings. The van der Waals surface area contributed by atoms with Crippen LogP contribution in [0.15, 0.2) is 24.3 Å². The predicted octanol–water partition coefficient (Wildman–Crippen LogP) is 1.10. The summed E-state index contributed by atoms with van der Waals surface area (Å²) in [6, 6.07) is 9.38. The summed E-state index contributed by atoms with van der Waals surface area (Å²) < 4.78 is 0. The monoisotopic (exact) mass is 190 g/mol. The fourth-order valence-electron chi connectivity index (χ4n) is 1.98. The van der Waals surface area contributed by atoms with E-state index in [1.807, 2.05) is 0 Å². The van der Waals surface area contributed by atoms with Crippen molar-refractivity contribution in [1.82, 2.24) is 10.6 Å². The average Bonchev–Trinajstić information content (AvgIpc) is 2.19. The molecule has 0 aliphatic carbocycles. The molecule has 1 aliphatic rings. The van der Waals surface area contributed by atoms with Crippen molar-refractivity contribution in [2.45, 2.75) is 19.4 Å². The van der Waals surface area contributed by atoms with Gasteiger partial charge in [0.2, 0.25) is 0 Å². The van der Waals surface area contributed by atoms with Crippen LogP contribution in [0.2, 0.25) is 0 Å². The van der Waals surface area contributed by atoms with Crippen LogP contribution < -0.4 is 10.6 Å². The van der Waals surface area contributed by atoms with Crippen molar-refractivity contribution in [3.05, 3.63) is 35.4 Å². The van der Waals surface area contributed by atoms with Crippen LogP contribution >= 0.6 is 0 Å². The smallest absolute Gasteiger partial charge is 0.0233 e. The van der Waals surface area contributed by atoms with Crippen LogP contribution in [0.1, 0.15) is 11.1 Å². The van der Waals surface area contributed by atoms with E-state index >= 15 is 0 Å². The van der Waals surface area contributed by atoms with Crippen molar-refractivity contribution >= 4 is 0 Å². The van der Waals surface area contributed by atoms with Crippen molar-refractivity contribution in [2.75, 3.05) is 19.6 Å². The minimum absolute atomic E-state index is 0.602. The third-order valence-corrected chi connectivity index (χ3v) is 2.69. The summed E-state index contributed by atoms with van der Waals surface area (Å²) in [4.78, 5) is 0. The molecule has 1 atom stereocenters. The zero-order valence-corrected chi connectivity index (χ0v) is 8.72. The summed E-state index contributed by atoms with van der Waals surface area (Å²) in [5.74, 6) is 0. The highest BCUT2D eigenvalue weighted by Crippen LogP contribution is 2.07. The maximum atomic E-state index is 3.52. The van der Waals surface area contributed by atoms with Crippen LogP contribution in [0.25, 0.3) is 0 Å². The molecule has 0 saturated carbocycles. The maximum Gasteiger partial charge on any atom is 0.0233 e. The molecule has 0 spiro atoms. The maximum absolute atomic E-state index is 3.52. The van der Waals surface area contributed by atoms with Gasteiger partial charge in [-0.1, -0.05) is 29.8 Å². The van der Waals surface area contributed by atoms with Crippen molar-refractivity contribution in [2.24, 2.45) is 0 Å². The van der Waals surface area contributed by atoms with Gasteiger partial charge in [-0.15, -0.1) is 0 Å². The van der Waals surface area contributed by atoms with Gasteiger partial charge in [0.1, 0.15) is 0 Å². The van der Waals surface area contributed by atoms with Gasteiger partial charge in [-0.25, -0.2) is 0 Å². The van der Waals surface area contributed by atoms with Crippen LogP contribution in [0, 0.1) is 6.92 Å². The van der Waals surface area contributed by atoms with E-state index in [2.05, 4.69) is 41.8 Å². The second kappa shape index (κ2) is 4.58. The summed E-state index contributed by atoms with van der Waals surface area (Å²) in [6.07, 6.45) is 1.13. The van der Waals surface area contributed by atoms with Gasteiger partial charge in [-0.3, -0.25) is 0 Å². The lowest BCUT2D eigenvalue weighted by atomic mass is 10.0. The Bertz CT molecular complexity index is 290. The summed E-state index contributed by atoms with van der Waals surface area (Å²) in [7, 11) is 0. The molecule has 14 heavy (non-hydrogen) atoms. The van der Waals surface area contributed by atoms with E-state index < -0.39 is 0 Å². The molecular weight excluding hydrogens is 172 g/mol. The first-order chi connectivity index (χ1) is 6.84. The van der Waals surface area contributed by atoms with Crippen molar-refractivity contribution in [3.63, 3.8) is 0 Å². The van der Waals surface area contributed by atoms with Crippen molar-refractivity contribution in [3.8, 4) is 0 Å². The minimum Gasteiger partial charge on any atom is -0.314 e. The lowest BCUT2D eigenvalue weighted by Crippen LogP contribution is -2.49. The molecule has 0 aromatic heterocycles. The summed E-state index contributed by atoms with van der Waals surface area (Å²) in [5, 5.41) is 6.93. The van der Waals surface area contributed by atoms with E-state index in [1.54, 1.807) is 0 Å². The first-order valence-electron chi connectivity index (χ1n) is 5.34. The number of nitrogens with one attached hydrogen (secondary N) is 2. The van der Waals surface area contributed by atoms with Crippen molar-refractivity contribution < 1.29 is 0 Å². The lowest BCUT2D eigenvalue weighted by molar-refractivity contribution is 0.416. The number of piperazine rings is 1. The molecule has 2 rings (SSSR count). The Morgan fingerprint density at radius 2 is 2.29 bits per heavy atom. The summed E-state index contributed by atoms with van der Waals surface area (Å²) in [6.45, 7) is 5.44. The molecule has 0 amide bonds. The van der Waals surface area contributed by atoms with E-state index in [-0.39, 0.29) is 0 Å². The Balaban J connectivity index is 1.95. The fourth-order valence-corrected chi connectivity index (χ4v) is 1.98. The molecule has 1 aromatic rings. The Morgan fingerprint density at radius 1 is 1.36 bits per heavy atom. The first kappa shape index (κ1) is 9.69. The van der Waals surface area contributed by atoms with Crippen molar-refractivity contribution in [1.29, 1.82) is 0 Å². The van der Waals surface area contributed by atoms with Crippen LogP contribution in [0.4, 0.5) is 0 Å². The molecule has 1 saturated heterocycles.